The van der Waals surface area contributed by atoms with Crippen molar-refractivity contribution in [1.82, 2.24) is 10.2 Å². The Bertz CT molecular complexity index is 234. The number of carbonyl (C=O) groups is 2. The number of carbonyl (C=O) groups excluding carboxylic acids is 2. The maximum absolute atomic E-state index is 11.2. The van der Waals surface area contributed by atoms with Crippen LogP contribution < -0.4 is 5.32 Å². The summed E-state index contributed by atoms with van der Waals surface area (Å²) in [6.07, 6.45) is 4.96. The molecule has 1 saturated heterocycles. The molecule has 0 radical (unpaired) electrons. The van der Waals surface area contributed by atoms with Crippen LogP contribution in [0.4, 0.5) is 4.79 Å². The fourth-order valence-electron chi connectivity index (χ4n) is 2.14. The van der Waals surface area contributed by atoms with Crippen molar-refractivity contribution in [2.45, 2.75) is 25.7 Å². The van der Waals surface area contributed by atoms with E-state index >= 15 is 0 Å². The first kappa shape index (κ1) is 8.53. The fourth-order valence-corrected chi connectivity index (χ4v) is 2.14. The molecule has 4 nitrogen and oxygen atoms in total. The maximum Gasteiger partial charge on any atom is 0.324 e. The maximum atomic E-state index is 11.2. The van der Waals surface area contributed by atoms with Crippen LogP contribution in [-0.4, -0.2) is 29.9 Å². The van der Waals surface area contributed by atoms with Gasteiger partial charge < -0.3 is 4.90 Å². The van der Waals surface area contributed by atoms with Crippen LogP contribution >= 0.6 is 0 Å². The van der Waals surface area contributed by atoms with Crippen LogP contribution in [0.2, 0.25) is 0 Å². The molecule has 0 aromatic carbocycles. The highest BCUT2D eigenvalue weighted by Gasteiger charge is 2.29. The molecule has 2 fully saturated rings. The predicted octanol–water partition coefficient (Wildman–Crippen LogP) is 0.728. The van der Waals surface area contributed by atoms with Gasteiger partial charge in [-0.05, 0) is 18.8 Å². The van der Waals surface area contributed by atoms with Gasteiger partial charge in [-0.15, -0.1) is 0 Å². The van der Waals surface area contributed by atoms with Gasteiger partial charge in [0.05, 0.1) is 0 Å². The van der Waals surface area contributed by atoms with Gasteiger partial charge in [-0.25, -0.2) is 4.79 Å². The fraction of sp³-hybridized carbons (Fsp3) is 0.778. The van der Waals surface area contributed by atoms with Crippen molar-refractivity contribution in [3.05, 3.63) is 0 Å². The Hall–Kier alpha value is -1.06. The van der Waals surface area contributed by atoms with Crippen molar-refractivity contribution in [3.63, 3.8) is 0 Å². The Balaban J connectivity index is 1.87. The van der Waals surface area contributed by atoms with E-state index in [-0.39, 0.29) is 18.5 Å². The van der Waals surface area contributed by atoms with Crippen molar-refractivity contribution >= 4 is 11.9 Å². The van der Waals surface area contributed by atoms with E-state index in [4.69, 9.17) is 0 Å². The first-order valence-corrected chi connectivity index (χ1v) is 4.84. The molecular weight excluding hydrogens is 168 g/mol. The smallest absolute Gasteiger partial charge is 0.315 e. The van der Waals surface area contributed by atoms with Crippen LogP contribution in [-0.2, 0) is 4.79 Å². The predicted molar refractivity (Wildman–Crippen MR) is 47.1 cm³/mol. The monoisotopic (exact) mass is 182 g/mol. The molecule has 0 spiro atoms. The summed E-state index contributed by atoms with van der Waals surface area (Å²) >= 11 is 0. The van der Waals surface area contributed by atoms with Crippen LogP contribution in [0, 0.1) is 5.92 Å². The number of rotatable bonds is 2. The van der Waals surface area contributed by atoms with Gasteiger partial charge in [0.2, 0.25) is 5.91 Å². The average Bonchev–Trinajstić information content (AvgIpc) is 2.63. The molecule has 0 aromatic heterocycles. The number of amides is 3. The number of urea groups is 1. The third-order valence-corrected chi connectivity index (χ3v) is 2.82. The van der Waals surface area contributed by atoms with Crippen LogP contribution in [0.15, 0.2) is 0 Å². The van der Waals surface area contributed by atoms with E-state index in [9.17, 15) is 9.59 Å². The lowest BCUT2D eigenvalue weighted by atomic mass is 10.1. The van der Waals surface area contributed by atoms with E-state index in [2.05, 4.69) is 5.32 Å². The molecule has 1 N–H and O–H groups in total. The number of nitrogens with zero attached hydrogens (tertiary/aromatic N) is 1. The van der Waals surface area contributed by atoms with Crippen LogP contribution in [0.5, 0.6) is 0 Å². The van der Waals surface area contributed by atoms with Crippen molar-refractivity contribution in [2.75, 3.05) is 13.1 Å². The standard InChI is InChI=1S/C9H14N2O2/c12-8-6-11(9(13)10-8)5-7-3-1-2-4-7/h7H,1-6H2,(H,10,12,13). The zero-order chi connectivity index (χ0) is 9.26. The molecule has 3 amide bonds. The minimum atomic E-state index is -0.211. The molecule has 0 atom stereocenters. The summed E-state index contributed by atoms with van der Waals surface area (Å²) in [5.74, 6) is 0.458. The number of hydrogen-bond acceptors (Lipinski definition) is 2. The van der Waals surface area contributed by atoms with Gasteiger partial charge in [0.1, 0.15) is 6.54 Å². The van der Waals surface area contributed by atoms with Crippen molar-refractivity contribution in [2.24, 2.45) is 5.92 Å². The van der Waals surface area contributed by atoms with Crippen LogP contribution in [0.3, 0.4) is 0 Å². The lowest BCUT2D eigenvalue weighted by Crippen LogP contribution is -2.32. The van der Waals surface area contributed by atoms with Crippen molar-refractivity contribution in [1.29, 1.82) is 0 Å². The second-order valence-electron chi connectivity index (χ2n) is 3.88. The average molecular weight is 182 g/mol. The van der Waals surface area contributed by atoms with Gasteiger partial charge in [-0.3, -0.25) is 10.1 Å². The minimum Gasteiger partial charge on any atom is -0.315 e. The summed E-state index contributed by atoms with van der Waals surface area (Å²) in [5.41, 5.74) is 0. The van der Waals surface area contributed by atoms with Crippen LogP contribution in [0.1, 0.15) is 25.7 Å². The molecular formula is C9H14N2O2. The molecule has 2 aliphatic rings. The quantitative estimate of drug-likeness (QED) is 0.640. The highest BCUT2D eigenvalue weighted by molar-refractivity contribution is 6.01. The van der Waals surface area contributed by atoms with E-state index in [0.717, 1.165) is 6.54 Å². The second-order valence-corrected chi connectivity index (χ2v) is 3.88. The summed E-state index contributed by atoms with van der Waals surface area (Å²) in [7, 11) is 0. The van der Waals surface area contributed by atoms with Gasteiger partial charge in [0.25, 0.3) is 0 Å². The number of imide groups is 1. The Morgan fingerprint density at radius 2 is 2.00 bits per heavy atom. The summed E-state index contributed by atoms with van der Waals surface area (Å²) in [5, 5.41) is 2.29. The summed E-state index contributed by atoms with van der Waals surface area (Å²) in [6, 6.07) is -0.211. The van der Waals surface area contributed by atoms with E-state index in [1.54, 1.807) is 4.90 Å². The van der Waals surface area contributed by atoms with E-state index in [1.165, 1.54) is 25.7 Å². The first-order valence-electron chi connectivity index (χ1n) is 4.84. The Morgan fingerprint density at radius 3 is 2.54 bits per heavy atom. The third-order valence-electron chi connectivity index (χ3n) is 2.82. The molecule has 0 bridgehead atoms. The van der Waals surface area contributed by atoms with Gasteiger partial charge in [-0.1, -0.05) is 12.8 Å². The SMILES string of the molecule is O=C1CN(CC2CCCC2)C(=O)N1. The molecule has 13 heavy (non-hydrogen) atoms. The molecule has 0 aromatic rings. The van der Waals surface area contributed by atoms with Gasteiger partial charge in [0, 0.05) is 6.54 Å². The van der Waals surface area contributed by atoms with Crippen molar-refractivity contribution in [3.8, 4) is 0 Å². The molecule has 1 saturated carbocycles. The largest absolute Gasteiger partial charge is 0.324 e. The van der Waals surface area contributed by atoms with Gasteiger partial charge in [-0.2, -0.15) is 0 Å². The number of nitrogens with one attached hydrogen (secondary N) is 1. The molecule has 4 heteroatoms. The lowest BCUT2D eigenvalue weighted by molar-refractivity contribution is -0.118. The highest BCUT2D eigenvalue weighted by Crippen LogP contribution is 2.25. The van der Waals surface area contributed by atoms with E-state index < -0.39 is 0 Å². The molecule has 1 aliphatic carbocycles. The zero-order valence-electron chi connectivity index (χ0n) is 7.58. The molecule has 0 unspecified atom stereocenters. The first-order chi connectivity index (χ1) is 6.25. The molecule has 72 valence electrons. The Labute approximate surface area is 77.3 Å². The summed E-state index contributed by atoms with van der Waals surface area (Å²) in [4.78, 5) is 23.7. The lowest BCUT2D eigenvalue weighted by Gasteiger charge is -2.17. The molecule has 1 heterocycles. The second kappa shape index (κ2) is 3.36. The molecule has 2 rings (SSSR count). The normalized spacial score (nSPS) is 24.2. The zero-order valence-corrected chi connectivity index (χ0v) is 7.58. The van der Waals surface area contributed by atoms with Crippen molar-refractivity contribution < 1.29 is 9.59 Å². The summed E-state index contributed by atoms with van der Waals surface area (Å²) in [6.45, 7) is 1.02. The topological polar surface area (TPSA) is 49.4 Å². The van der Waals surface area contributed by atoms with E-state index in [1.807, 2.05) is 0 Å². The van der Waals surface area contributed by atoms with Gasteiger partial charge in [0.15, 0.2) is 0 Å². The minimum absolute atomic E-state index is 0.164. The van der Waals surface area contributed by atoms with Gasteiger partial charge >= 0.3 is 6.03 Å². The highest BCUT2D eigenvalue weighted by atomic mass is 16.2. The van der Waals surface area contributed by atoms with Crippen LogP contribution in [0.25, 0.3) is 0 Å². The Kier molecular flexibility index (Phi) is 2.20. The summed E-state index contributed by atoms with van der Waals surface area (Å²) < 4.78 is 0. The number of hydrogen-bond donors (Lipinski definition) is 1. The Morgan fingerprint density at radius 1 is 1.31 bits per heavy atom. The third kappa shape index (κ3) is 1.82. The van der Waals surface area contributed by atoms with E-state index in [0.29, 0.717) is 5.92 Å². The molecule has 1 aliphatic heterocycles.